The normalized spacial score (nSPS) is 10.2. The van der Waals surface area contributed by atoms with Gasteiger partial charge in [-0.25, -0.2) is 4.68 Å². The maximum Gasteiger partial charge on any atom is 0.292 e. The summed E-state index contributed by atoms with van der Waals surface area (Å²) in [4.78, 5) is 22.2. The van der Waals surface area contributed by atoms with Crippen molar-refractivity contribution in [1.29, 1.82) is 0 Å². The Morgan fingerprint density at radius 3 is 2.90 bits per heavy atom. The number of nitrogens with one attached hydrogen (secondary N) is 1. The summed E-state index contributed by atoms with van der Waals surface area (Å²) in [7, 11) is 1.51. The summed E-state index contributed by atoms with van der Waals surface area (Å²) in [6.45, 7) is 0.221. The molecule has 2 aromatic rings. The number of carbonyl (C=O) groups is 1. The van der Waals surface area contributed by atoms with E-state index in [0.717, 1.165) is 0 Å². The van der Waals surface area contributed by atoms with Crippen molar-refractivity contribution in [3.63, 3.8) is 0 Å². The van der Waals surface area contributed by atoms with E-state index in [2.05, 4.69) is 10.4 Å². The largest absolute Gasteiger partial charge is 0.362 e. The van der Waals surface area contributed by atoms with Crippen molar-refractivity contribution in [2.75, 3.05) is 12.4 Å². The first kappa shape index (κ1) is 13.7. The number of nitrogens with zero attached hydrogens (tertiary/aromatic N) is 3. The van der Waals surface area contributed by atoms with Gasteiger partial charge in [-0.2, -0.15) is 5.10 Å². The fourth-order valence-electron chi connectivity index (χ4n) is 1.61. The van der Waals surface area contributed by atoms with Crippen LogP contribution in [0, 0.1) is 10.1 Å². The summed E-state index contributed by atoms with van der Waals surface area (Å²) in [5.41, 5.74) is 0.112. The summed E-state index contributed by atoms with van der Waals surface area (Å²) >= 11 is 0. The van der Waals surface area contributed by atoms with E-state index in [4.69, 9.17) is 4.74 Å². The highest BCUT2D eigenvalue weighted by atomic mass is 16.6. The highest BCUT2D eigenvalue weighted by molar-refractivity contribution is 6.04. The van der Waals surface area contributed by atoms with Crippen LogP contribution in [0.3, 0.4) is 0 Å². The van der Waals surface area contributed by atoms with E-state index in [-0.39, 0.29) is 23.8 Å². The van der Waals surface area contributed by atoms with E-state index in [1.165, 1.54) is 36.1 Å². The molecule has 0 radical (unpaired) electrons. The molecule has 104 valence electrons. The molecule has 0 aliphatic carbocycles. The highest BCUT2D eigenvalue weighted by Crippen LogP contribution is 2.23. The standard InChI is InChI=1S/C12H12N4O4/c1-20-8-15-7-6-10(14-15)12(17)13-9-4-2-3-5-11(9)16(18)19/h2-7H,8H2,1H3,(H,13,17). The SMILES string of the molecule is COCn1ccc(C(=O)Nc2ccccc2[N+](=O)[O-])n1. The van der Waals surface area contributed by atoms with E-state index in [9.17, 15) is 14.9 Å². The minimum absolute atomic E-state index is 0.129. The van der Waals surface area contributed by atoms with Crippen molar-refractivity contribution >= 4 is 17.3 Å². The first-order valence-electron chi connectivity index (χ1n) is 5.69. The fraction of sp³-hybridized carbons (Fsp3) is 0.167. The number of benzene rings is 1. The van der Waals surface area contributed by atoms with E-state index in [0.29, 0.717) is 0 Å². The third-order valence-electron chi connectivity index (χ3n) is 2.48. The second-order valence-corrected chi connectivity index (χ2v) is 3.89. The zero-order valence-electron chi connectivity index (χ0n) is 10.6. The van der Waals surface area contributed by atoms with Crippen LogP contribution in [-0.4, -0.2) is 27.7 Å². The number of hydrogen-bond acceptors (Lipinski definition) is 5. The van der Waals surface area contributed by atoms with Gasteiger partial charge in [-0.3, -0.25) is 14.9 Å². The molecule has 1 aromatic carbocycles. The van der Waals surface area contributed by atoms with Gasteiger partial charge >= 0.3 is 0 Å². The van der Waals surface area contributed by atoms with Crippen LogP contribution in [0.1, 0.15) is 10.5 Å². The van der Waals surface area contributed by atoms with Gasteiger partial charge in [-0.1, -0.05) is 12.1 Å². The molecule has 0 atom stereocenters. The van der Waals surface area contributed by atoms with Crippen molar-refractivity contribution < 1.29 is 14.5 Å². The number of nitro groups is 1. The zero-order chi connectivity index (χ0) is 14.5. The minimum atomic E-state index is -0.556. The predicted molar refractivity (Wildman–Crippen MR) is 70.3 cm³/mol. The molecule has 0 saturated heterocycles. The van der Waals surface area contributed by atoms with Crippen molar-refractivity contribution in [2.24, 2.45) is 0 Å². The zero-order valence-corrected chi connectivity index (χ0v) is 10.6. The van der Waals surface area contributed by atoms with Crippen LogP contribution in [0.25, 0.3) is 0 Å². The molecule has 1 amide bonds. The van der Waals surface area contributed by atoms with Crippen molar-refractivity contribution in [1.82, 2.24) is 9.78 Å². The van der Waals surface area contributed by atoms with Gasteiger partial charge in [-0.15, -0.1) is 0 Å². The van der Waals surface area contributed by atoms with Crippen molar-refractivity contribution in [3.8, 4) is 0 Å². The van der Waals surface area contributed by atoms with Crippen LogP contribution in [-0.2, 0) is 11.5 Å². The Kier molecular flexibility index (Phi) is 4.06. The molecular weight excluding hydrogens is 264 g/mol. The maximum absolute atomic E-state index is 12.0. The van der Waals surface area contributed by atoms with Gasteiger partial charge in [0.1, 0.15) is 12.4 Å². The Bertz CT molecular complexity index is 638. The van der Waals surface area contributed by atoms with Crippen LogP contribution >= 0.6 is 0 Å². The molecule has 0 saturated carbocycles. The number of carbonyl (C=O) groups excluding carboxylic acids is 1. The van der Waals surface area contributed by atoms with Gasteiger partial charge in [-0.05, 0) is 12.1 Å². The molecule has 1 aromatic heterocycles. The number of hydrogen-bond donors (Lipinski definition) is 1. The van der Waals surface area contributed by atoms with Crippen LogP contribution < -0.4 is 5.32 Å². The Morgan fingerprint density at radius 1 is 1.45 bits per heavy atom. The molecule has 8 heteroatoms. The lowest BCUT2D eigenvalue weighted by atomic mass is 10.2. The molecule has 0 fully saturated rings. The van der Waals surface area contributed by atoms with Crippen LogP contribution in [0.5, 0.6) is 0 Å². The maximum atomic E-state index is 12.0. The number of aromatic nitrogens is 2. The molecule has 0 aliphatic heterocycles. The lowest BCUT2D eigenvalue weighted by molar-refractivity contribution is -0.383. The van der Waals surface area contributed by atoms with Crippen LogP contribution in [0.15, 0.2) is 36.5 Å². The molecule has 1 heterocycles. The smallest absolute Gasteiger partial charge is 0.292 e. The second kappa shape index (κ2) is 5.93. The van der Waals surface area contributed by atoms with E-state index < -0.39 is 10.8 Å². The quantitative estimate of drug-likeness (QED) is 0.661. The number of ether oxygens (including phenoxy) is 1. The van der Waals surface area contributed by atoms with Gasteiger partial charge < -0.3 is 10.1 Å². The molecule has 0 spiro atoms. The number of nitro benzene ring substituents is 1. The van der Waals surface area contributed by atoms with Gasteiger partial charge in [0.15, 0.2) is 5.69 Å². The number of para-hydroxylation sites is 2. The minimum Gasteiger partial charge on any atom is -0.362 e. The second-order valence-electron chi connectivity index (χ2n) is 3.89. The topological polar surface area (TPSA) is 99.3 Å². The molecule has 0 unspecified atom stereocenters. The summed E-state index contributed by atoms with van der Waals surface area (Å²) in [6.07, 6.45) is 1.58. The molecule has 20 heavy (non-hydrogen) atoms. The monoisotopic (exact) mass is 276 g/mol. The average molecular weight is 276 g/mol. The van der Waals surface area contributed by atoms with Gasteiger partial charge in [0.2, 0.25) is 0 Å². The van der Waals surface area contributed by atoms with E-state index >= 15 is 0 Å². The Hall–Kier alpha value is -2.74. The molecule has 8 nitrogen and oxygen atoms in total. The summed E-state index contributed by atoms with van der Waals surface area (Å²) in [5, 5.41) is 17.3. The first-order valence-corrected chi connectivity index (χ1v) is 5.69. The summed E-state index contributed by atoms with van der Waals surface area (Å²) in [5.74, 6) is -0.519. The van der Waals surface area contributed by atoms with Crippen LogP contribution in [0.4, 0.5) is 11.4 Å². The Balaban J connectivity index is 2.17. The van der Waals surface area contributed by atoms with Crippen molar-refractivity contribution in [3.05, 3.63) is 52.3 Å². The highest BCUT2D eigenvalue weighted by Gasteiger charge is 2.17. The molecule has 1 N–H and O–H groups in total. The molecular formula is C12H12N4O4. The number of rotatable bonds is 5. The number of methoxy groups -OCH3 is 1. The first-order chi connectivity index (χ1) is 9.61. The van der Waals surface area contributed by atoms with E-state index in [1.807, 2.05) is 0 Å². The summed E-state index contributed by atoms with van der Waals surface area (Å²) < 4.78 is 6.31. The van der Waals surface area contributed by atoms with Gasteiger partial charge in [0.05, 0.1) is 4.92 Å². The van der Waals surface area contributed by atoms with Gasteiger partial charge in [0.25, 0.3) is 11.6 Å². The van der Waals surface area contributed by atoms with Crippen LogP contribution in [0.2, 0.25) is 0 Å². The number of amides is 1. The average Bonchev–Trinajstić information content (AvgIpc) is 2.88. The number of anilines is 1. The molecule has 0 bridgehead atoms. The van der Waals surface area contributed by atoms with Crippen molar-refractivity contribution in [2.45, 2.75) is 6.73 Å². The third kappa shape index (κ3) is 2.98. The summed E-state index contributed by atoms with van der Waals surface area (Å²) in [6, 6.07) is 7.41. The fourth-order valence-corrected chi connectivity index (χ4v) is 1.61. The lowest BCUT2D eigenvalue weighted by Gasteiger charge is -2.03. The lowest BCUT2D eigenvalue weighted by Crippen LogP contribution is -2.14. The molecule has 2 rings (SSSR count). The predicted octanol–water partition coefficient (Wildman–Crippen LogP) is 1.65. The van der Waals surface area contributed by atoms with E-state index in [1.54, 1.807) is 12.3 Å². The Labute approximate surface area is 114 Å². The molecule has 0 aliphatic rings. The Morgan fingerprint density at radius 2 is 2.20 bits per heavy atom. The third-order valence-corrected chi connectivity index (χ3v) is 2.48. The van der Waals surface area contributed by atoms with Gasteiger partial charge in [0, 0.05) is 19.4 Å².